The van der Waals surface area contributed by atoms with E-state index in [1.807, 2.05) is 18.2 Å². The highest BCUT2D eigenvalue weighted by molar-refractivity contribution is 5.43. The van der Waals surface area contributed by atoms with Gasteiger partial charge < -0.3 is 19.9 Å². The molecule has 0 aliphatic carbocycles. The van der Waals surface area contributed by atoms with Crippen LogP contribution in [-0.2, 0) is 6.54 Å². The summed E-state index contributed by atoms with van der Waals surface area (Å²) >= 11 is 0. The second-order valence-corrected chi connectivity index (χ2v) is 6.01. The number of hydrogen-bond acceptors (Lipinski definition) is 4. The first-order valence-electron chi connectivity index (χ1n) is 8.26. The first kappa shape index (κ1) is 18.3. The van der Waals surface area contributed by atoms with Crippen LogP contribution in [0.15, 0.2) is 36.4 Å². The minimum atomic E-state index is -0.0151. The van der Waals surface area contributed by atoms with E-state index in [1.165, 1.54) is 16.7 Å². The molecule has 0 amide bonds. The van der Waals surface area contributed by atoms with Crippen molar-refractivity contribution in [2.24, 2.45) is 0 Å². The summed E-state index contributed by atoms with van der Waals surface area (Å²) in [6.07, 6.45) is 0. The van der Waals surface area contributed by atoms with Gasteiger partial charge in [-0.15, -0.1) is 0 Å². The van der Waals surface area contributed by atoms with E-state index in [1.54, 1.807) is 7.11 Å². The lowest BCUT2D eigenvalue weighted by molar-refractivity contribution is 0.196. The van der Waals surface area contributed by atoms with Crippen LogP contribution in [0.4, 0.5) is 0 Å². The highest BCUT2D eigenvalue weighted by atomic mass is 16.5. The Kier molecular flexibility index (Phi) is 6.64. The molecule has 0 fully saturated rings. The van der Waals surface area contributed by atoms with Gasteiger partial charge in [-0.25, -0.2) is 0 Å². The molecule has 0 radical (unpaired) electrons. The molecular formula is C20H27NO3. The quantitative estimate of drug-likeness (QED) is 0.778. The molecular weight excluding hydrogens is 302 g/mol. The van der Waals surface area contributed by atoms with Crippen LogP contribution in [0.3, 0.4) is 0 Å². The molecule has 2 aromatic carbocycles. The van der Waals surface area contributed by atoms with Crippen LogP contribution >= 0.6 is 0 Å². The molecule has 4 nitrogen and oxygen atoms in total. The van der Waals surface area contributed by atoms with E-state index in [2.05, 4.69) is 44.3 Å². The highest BCUT2D eigenvalue weighted by Gasteiger charge is 2.11. The Labute approximate surface area is 144 Å². The van der Waals surface area contributed by atoms with Gasteiger partial charge in [-0.2, -0.15) is 0 Å². The molecule has 4 heteroatoms. The molecule has 0 aliphatic heterocycles. The Morgan fingerprint density at radius 1 is 1.08 bits per heavy atom. The van der Waals surface area contributed by atoms with Crippen molar-refractivity contribution in [3.63, 3.8) is 0 Å². The predicted octanol–water partition coefficient (Wildman–Crippen LogP) is 3.53. The van der Waals surface area contributed by atoms with Crippen LogP contribution in [0.25, 0.3) is 0 Å². The molecule has 2 aromatic rings. The molecule has 2 N–H and O–H groups in total. The van der Waals surface area contributed by atoms with Crippen molar-refractivity contribution in [1.82, 2.24) is 5.32 Å². The summed E-state index contributed by atoms with van der Waals surface area (Å²) in [6, 6.07) is 12.6. The Morgan fingerprint density at radius 2 is 1.88 bits per heavy atom. The average Bonchev–Trinajstić information content (AvgIpc) is 2.58. The van der Waals surface area contributed by atoms with Crippen LogP contribution < -0.4 is 14.8 Å². The zero-order chi connectivity index (χ0) is 17.5. The summed E-state index contributed by atoms with van der Waals surface area (Å²) in [5.74, 6) is 1.33. The number of aryl methyl sites for hydroxylation is 2. The predicted molar refractivity (Wildman–Crippen MR) is 96.7 cm³/mol. The Bertz CT molecular complexity index is 670. The maximum absolute atomic E-state index is 8.88. The molecule has 2 rings (SSSR count). The fourth-order valence-corrected chi connectivity index (χ4v) is 2.65. The molecule has 24 heavy (non-hydrogen) atoms. The smallest absolute Gasteiger partial charge is 0.161 e. The Hall–Kier alpha value is -2.04. The topological polar surface area (TPSA) is 50.7 Å². The van der Waals surface area contributed by atoms with Gasteiger partial charge in [0, 0.05) is 12.6 Å². The van der Waals surface area contributed by atoms with E-state index in [0.717, 1.165) is 12.1 Å². The van der Waals surface area contributed by atoms with Crippen molar-refractivity contribution < 1.29 is 14.6 Å². The van der Waals surface area contributed by atoms with Crippen molar-refractivity contribution in [2.45, 2.75) is 33.4 Å². The van der Waals surface area contributed by atoms with E-state index in [0.29, 0.717) is 11.5 Å². The third-order valence-corrected chi connectivity index (χ3v) is 4.13. The third-order valence-electron chi connectivity index (χ3n) is 4.13. The molecule has 0 spiro atoms. The highest BCUT2D eigenvalue weighted by Crippen LogP contribution is 2.30. The van der Waals surface area contributed by atoms with Gasteiger partial charge in [-0.1, -0.05) is 29.8 Å². The zero-order valence-electron chi connectivity index (χ0n) is 14.9. The standard InChI is InChI=1S/C20H27NO3/c1-14-5-6-18(15(2)11-14)13-21-16(3)17-7-8-19(24-10-9-22)20(12-17)23-4/h5-8,11-12,16,21-22H,9-10,13H2,1-4H3. The minimum Gasteiger partial charge on any atom is -0.493 e. The lowest BCUT2D eigenvalue weighted by Gasteiger charge is -2.18. The normalized spacial score (nSPS) is 12.0. The summed E-state index contributed by atoms with van der Waals surface area (Å²) in [5.41, 5.74) is 5.03. The van der Waals surface area contributed by atoms with E-state index in [-0.39, 0.29) is 19.3 Å². The van der Waals surface area contributed by atoms with Gasteiger partial charge in [-0.3, -0.25) is 0 Å². The van der Waals surface area contributed by atoms with Crippen LogP contribution in [0.5, 0.6) is 11.5 Å². The summed E-state index contributed by atoms with van der Waals surface area (Å²) in [4.78, 5) is 0. The monoisotopic (exact) mass is 329 g/mol. The van der Waals surface area contributed by atoms with Gasteiger partial charge in [0.15, 0.2) is 11.5 Å². The second-order valence-electron chi connectivity index (χ2n) is 6.01. The number of rotatable bonds is 8. The molecule has 130 valence electrons. The number of methoxy groups -OCH3 is 1. The minimum absolute atomic E-state index is 0.0151. The maximum atomic E-state index is 8.88. The number of aliphatic hydroxyl groups excluding tert-OH is 1. The van der Waals surface area contributed by atoms with Crippen LogP contribution in [0.1, 0.15) is 35.2 Å². The molecule has 0 bridgehead atoms. The molecule has 0 saturated carbocycles. The Balaban J connectivity index is 2.04. The first-order valence-corrected chi connectivity index (χ1v) is 8.26. The fraction of sp³-hybridized carbons (Fsp3) is 0.400. The number of ether oxygens (including phenoxy) is 2. The lowest BCUT2D eigenvalue weighted by Crippen LogP contribution is -2.18. The summed E-state index contributed by atoms with van der Waals surface area (Å²) in [7, 11) is 1.62. The van der Waals surface area contributed by atoms with Crippen molar-refractivity contribution in [1.29, 1.82) is 0 Å². The van der Waals surface area contributed by atoms with Crippen molar-refractivity contribution in [2.75, 3.05) is 20.3 Å². The maximum Gasteiger partial charge on any atom is 0.161 e. The van der Waals surface area contributed by atoms with Gasteiger partial charge >= 0.3 is 0 Å². The summed E-state index contributed by atoms with van der Waals surface area (Å²) < 4.78 is 10.9. The number of benzene rings is 2. The first-order chi connectivity index (χ1) is 11.5. The van der Waals surface area contributed by atoms with Crippen LogP contribution in [0.2, 0.25) is 0 Å². The largest absolute Gasteiger partial charge is 0.493 e. The Morgan fingerprint density at radius 3 is 2.54 bits per heavy atom. The number of hydrogen-bond donors (Lipinski definition) is 2. The fourth-order valence-electron chi connectivity index (χ4n) is 2.65. The number of aliphatic hydroxyl groups is 1. The van der Waals surface area contributed by atoms with Gasteiger partial charge in [-0.05, 0) is 49.6 Å². The number of nitrogens with one attached hydrogen (secondary N) is 1. The average molecular weight is 329 g/mol. The van der Waals surface area contributed by atoms with Crippen LogP contribution in [-0.4, -0.2) is 25.4 Å². The van der Waals surface area contributed by atoms with E-state index in [4.69, 9.17) is 14.6 Å². The molecule has 1 unspecified atom stereocenters. The molecule has 1 atom stereocenters. The van der Waals surface area contributed by atoms with Crippen molar-refractivity contribution >= 4 is 0 Å². The molecule has 0 heterocycles. The zero-order valence-corrected chi connectivity index (χ0v) is 14.9. The lowest BCUT2D eigenvalue weighted by atomic mass is 10.0. The van der Waals surface area contributed by atoms with E-state index in [9.17, 15) is 0 Å². The van der Waals surface area contributed by atoms with Crippen molar-refractivity contribution in [3.05, 3.63) is 58.7 Å². The molecule has 0 saturated heterocycles. The third kappa shape index (κ3) is 4.73. The summed E-state index contributed by atoms with van der Waals surface area (Å²) in [6.45, 7) is 7.45. The van der Waals surface area contributed by atoms with E-state index >= 15 is 0 Å². The van der Waals surface area contributed by atoms with Gasteiger partial charge in [0.25, 0.3) is 0 Å². The molecule has 0 aromatic heterocycles. The second kappa shape index (κ2) is 8.71. The summed E-state index contributed by atoms with van der Waals surface area (Å²) in [5, 5.41) is 12.4. The van der Waals surface area contributed by atoms with Crippen LogP contribution in [0, 0.1) is 13.8 Å². The van der Waals surface area contributed by atoms with Gasteiger partial charge in [0.05, 0.1) is 13.7 Å². The van der Waals surface area contributed by atoms with E-state index < -0.39 is 0 Å². The SMILES string of the molecule is COc1cc(C(C)NCc2ccc(C)cc2C)ccc1OCCO. The van der Waals surface area contributed by atoms with Crippen molar-refractivity contribution in [3.8, 4) is 11.5 Å². The van der Waals surface area contributed by atoms with Gasteiger partial charge in [0.1, 0.15) is 6.61 Å². The van der Waals surface area contributed by atoms with Gasteiger partial charge in [0.2, 0.25) is 0 Å². The molecule has 0 aliphatic rings.